The highest BCUT2D eigenvalue weighted by Gasteiger charge is 1.85. The summed E-state index contributed by atoms with van der Waals surface area (Å²) >= 11 is 0. The molecule has 0 amide bonds. The van der Waals surface area contributed by atoms with E-state index >= 15 is 0 Å². The first-order valence-electron chi connectivity index (χ1n) is 4.12. The fourth-order valence-corrected chi connectivity index (χ4v) is 0.726. The van der Waals surface area contributed by atoms with Crippen LogP contribution in [0.25, 0.3) is 0 Å². The molecule has 0 saturated heterocycles. The number of hydrogen-bond acceptors (Lipinski definition) is 2. The van der Waals surface area contributed by atoms with Crippen LogP contribution >= 0.6 is 0 Å². The summed E-state index contributed by atoms with van der Waals surface area (Å²) < 4.78 is 1.72. The zero-order chi connectivity index (χ0) is 9.52. The number of nitrogens with zero attached hydrogens (tertiary/aromatic N) is 3. The van der Waals surface area contributed by atoms with Gasteiger partial charge in [-0.2, -0.15) is 0 Å². The quantitative estimate of drug-likeness (QED) is 0.611. The van der Waals surface area contributed by atoms with Crippen LogP contribution in [-0.4, -0.2) is 15.0 Å². The van der Waals surface area contributed by atoms with E-state index in [0.717, 1.165) is 5.69 Å². The maximum atomic E-state index is 3.68. The Balaban J connectivity index is 0.000000132. The van der Waals surface area contributed by atoms with Crippen molar-refractivity contribution < 1.29 is 0 Å². The van der Waals surface area contributed by atoms with Crippen LogP contribution < -0.4 is 0 Å². The zero-order valence-corrected chi connectivity index (χ0v) is 7.88. The molecule has 3 nitrogen and oxygen atoms in total. The van der Waals surface area contributed by atoms with E-state index in [4.69, 9.17) is 0 Å². The highest BCUT2D eigenvalue weighted by molar-refractivity contribution is 4.99. The molecule has 2 rings (SSSR count). The average molecular weight is 175 g/mol. The van der Waals surface area contributed by atoms with Crippen LogP contribution in [0.2, 0.25) is 0 Å². The Bertz CT molecular complexity index is 284. The van der Waals surface area contributed by atoms with Crippen molar-refractivity contribution in [3.05, 3.63) is 48.3 Å². The molecular formula is C10H13N3. The van der Waals surface area contributed by atoms with E-state index in [0.29, 0.717) is 0 Å². The topological polar surface area (TPSA) is 30.7 Å². The molecule has 0 radical (unpaired) electrons. The van der Waals surface area contributed by atoms with E-state index in [9.17, 15) is 0 Å². The number of benzene rings is 1. The first kappa shape index (κ1) is 9.45. The van der Waals surface area contributed by atoms with Gasteiger partial charge in [-0.25, -0.2) is 0 Å². The van der Waals surface area contributed by atoms with Gasteiger partial charge in [0.2, 0.25) is 0 Å². The van der Waals surface area contributed by atoms with Gasteiger partial charge < -0.3 is 0 Å². The summed E-state index contributed by atoms with van der Waals surface area (Å²) in [5.41, 5.74) is 1.08. The predicted octanol–water partition coefficient (Wildman–Crippen LogP) is 1.81. The largest absolute Gasteiger partial charge is 0.253 e. The average Bonchev–Trinajstić information content (AvgIpc) is 2.55. The van der Waals surface area contributed by atoms with Crippen molar-refractivity contribution >= 4 is 0 Å². The Morgan fingerprint density at radius 1 is 1.00 bits per heavy atom. The van der Waals surface area contributed by atoms with Crippen molar-refractivity contribution in [2.45, 2.75) is 6.92 Å². The fourth-order valence-electron chi connectivity index (χ4n) is 0.726. The van der Waals surface area contributed by atoms with E-state index in [1.165, 1.54) is 0 Å². The van der Waals surface area contributed by atoms with Crippen molar-refractivity contribution in [3.63, 3.8) is 0 Å². The zero-order valence-electron chi connectivity index (χ0n) is 7.88. The van der Waals surface area contributed by atoms with Crippen LogP contribution in [0.5, 0.6) is 0 Å². The second kappa shape index (κ2) is 5.09. The minimum Gasteiger partial charge on any atom is -0.253 e. The molecule has 0 N–H and O–H groups in total. The summed E-state index contributed by atoms with van der Waals surface area (Å²) in [5.74, 6) is 0. The van der Waals surface area contributed by atoms with Gasteiger partial charge in [0.25, 0.3) is 0 Å². The number of aromatic nitrogens is 3. The summed E-state index contributed by atoms with van der Waals surface area (Å²) in [6.07, 6.45) is 1.72. The Morgan fingerprint density at radius 3 is 1.62 bits per heavy atom. The van der Waals surface area contributed by atoms with Gasteiger partial charge in [-0.15, -0.1) is 5.10 Å². The molecule has 0 fully saturated rings. The Hall–Kier alpha value is -1.64. The molecule has 13 heavy (non-hydrogen) atoms. The van der Waals surface area contributed by atoms with Crippen LogP contribution in [0.1, 0.15) is 5.69 Å². The van der Waals surface area contributed by atoms with E-state index in [-0.39, 0.29) is 0 Å². The van der Waals surface area contributed by atoms with Gasteiger partial charge in [0.1, 0.15) is 0 Å². The van der Waals surface area contributed by atoms with Gasteiger partial charge in [-0.1, -0.05) is 41.6 Å². The summed E-state index contributed by atoms with van der Waals surface area (Å²) in [6.45, 7) is 1.96. The van der Waals surface area contributed by atoms with E-state index in [1.54, 1.807) is 10.9 Å². The maximum Gasteiger partial charge on any atom is 0.0722 e. The number of aryl methyl sites for hydroxylation is 2. The maximum absolute atomic E-state index is 3.68. The summed E-state index contributed by atoms with van der Waals surface area (Å²) in [4.78, 5) is 0. The van der Waals surface area contributed by atoms with Crippen molar-refractivity contribution in [1.82, 2.24) is 15.0 Å². The molecule has 3 heteroatoms. The molecule has 2 aromatic rings. The van der Waals surface area contributed by atoms with Crippen molar-refractivity contribution in [1.29, 1.82) is 0 Å². The molecule has 0 aliphatic rings. The Kier molecular flexibility index (Phi) is 3.70. The molecule has 68 valence electrons. The number of rotatable bonds is 0. The van der Waals surface area contributed by atoms with Gasteiger partial charge in [0.15, 0.2) is 0 Å². The predicted molar refractivity (Wildman–Crippen MR) is 52.2 cm³/mol. The third-order valence-electron chi connectivity index (χ3n) is 1.61. The minimum absolute atomic E-state index is 1.08. The van der Waals surface area contributed by atoms with Crippen LogP contribution in [-0.2, 0) is 7.05 Å². The van der Waals surface area contributed by atoms with Gasteiger partial charge in [-0.3, -0.25) is 4.68 Å². The van der Waals surface area contributed by atoms with Crippen LogP contribution in [0, 0.1) is 6.92 Å². The second-order valence-corrected chi connectivity index (χ2v) is 2.65. The van der Waals surface area contributed by atoms with Crippen LogP contribution in [0.15, 0.2) is 42.6 Å². The van der Waals surface area contributed by atoms with Crippen molar-refractivity contribution in [3.8, 4) is 0 Å². The number of hydrogen-bond donors (Lipinski definition) is 0. The summed E-state index contributed by atoms with van der Waals surface area (Å²) in [7, 11) is 1.86. The molecule has 0 saturated carbocycles. The molecule has 0 aliphatic carbocycles. The highest BCUT2D eigenvalue weighted by Crippen LogP contribution is 1.84. The lowest BCUT2D eigenvalue weighted by Gasteiger charge is -1.84. The molecule has 0 aliphatic heterocycles. The van der Waals surface area contributed by atoms with Gasteiger partial charge >= 0.3 is 0 Å². The molecule has 0 unspecified atom stereocenters. The van der Waals surface area contributed by atoms with E-state index < -0.39 is 0 Å². The smallest absolute Gasteiger partial charge is 0.0722 e. The fraction of sp³-hybridized carbons (Fsp3) is 0.200. The van der Waals surface area contributed by atoms with Crippen molar-refractivity contribution in [2.24, 2.45) is 7.05 Å². The molecule has 0 bridgehead atoms. The van der Waals surface area contributed by atoms with E-state index in [2.05, 4.69) is 10.3 Å². The lowest BCUT2D eigenvalue weighted by molar-refractivity contribution is 0.696. The monoisotopic (exact) mass is 175 g/mol. The molecule has 1 aromatic carbocycles. The third-order valence-corrected chi connectivity index (χ3v) is 1.61. The lowest BCUT2D eigenvalue weighted by Crippen LogP contribution is -1.91. The SMILES string of the molecule is Cc1cnnn1C.c1ccccc1. The highest BCUT2D eigenvalue weighted by atomic mass is 15.4. The normalized spacial score (nSPS) is 8.77. The molecule has 1 aromatic heterocycles. The first-order valence-corrected chi connectivity index (χ1v) is 4.12. The summed E-state index contributed by atoms with van der Waals surface area (Å²) in [5, 5.41) is 7.32. The Morgan fingerprint density at radius 2 is 1.46 bits per heavy atom. The Labute approximate surface area is 78.0 Å². The second-order valence-electron chi connectivity index (χ2n) is 2.65. The van der Waals surface area contributed by atoms with Crippen LogP contribution in [0.4, 0.5) is 0 Å². The third kappa shape index (κ3) is 3.51. The van der Waals surface area contributed by atoms with Gasteiger partial charge in [0, 0.05) is 7.05 Å². The van der Waals surface area contributed by atoms with Crippen molar-refractivity contribution in [2.75, 3.05) is 0 Å². The molecule has 0 atom stereocenters. The van der Waals surface area contributed by atoms with Gasteiger partial charge in [-0.05, 0) is 6.92 Å². The molecule has 0 spiro atoms. The minimum atomic E-state index is 1.08. The van der Waals surface area contributed by atoms with Crippen LogP contribution in [0.3, 0.4) is 0 Å². The summed E-state index contributed by atoms with van der Waals surface area (Å²) in [6, 6.07) is 12.0. The first-order chi connectivity index (χ1) is 6.30. The molecular weight excluding hydrogens is 162 g/mol. The van der Waals surface area contributed by atoms with E-state index in [1.807, 2.05) is 50.4 Å². The van der Waals surface area contributed by atoms with Gasteiger partial charge in [0.05, 0.1) is 11.9 Å². The molecule has 1 heterocycles. The standard InChI is InChI=1S/C6H6.C4H7N3/c1-2-4-6-5-3-1;1-4-3-5-6-7(4)2/h1-6H;3H,1-2H3. The lowest BCUT2D eigenvalue weighted by atomic mass is 10.4.